The molecule has 128 valence electrons. The van der Waals surface area contributed by atoms with Crippen LogP contribution in [-0.2, 0) is 9.53 Å². The molecule has 0 aliphatic carbocycles. The molecule has 1 heterocycles. The molecule has 3 rings (SSSR count). The highest BCUT2D eigenvalue weighted by molar-refractivity contribution is 6.40. The third-order valence-electron chi connectivity index (χ3n) is 4.27. The lowest BCUT2D eigenvalue weighted by Crippen LogP contribution is -2.41. The molecule has 2 aromatic carbocycles. The molecule has 25 heavy (non-hydrogen) atoms. The van der Waals surface area contributed by atoms with Crippen molar-refractivity contribution in [1.82, 2.24) is 0 Å². The Kier molecular flexibility index (Phi) is 4.70. The minimum Gasteiger partial charge on any atom is -0.501 e. The monoisotopic (exact) mass is 335 g/mol. The summed E-state index contributed by atoms with van der Waals surface area (Å²) in [5.41, 5.74) is 3.23. The Morgan fingerprint density at radius 2 is 1.60 bits per heavy atom. The van der Waals surface area contributed by atoms with Crippen molar-refractivity contribution >= 4 is 23.1 Å². The van der Waals surface area contributed by atoms with Crippen LogP contribution in [0.4, 0.5) is 5.69 Å². The number of carbonyl (C=O) groups is 2. The Balaban J connectivity index is 2.09. The normalized spacial score (nSPS) is 15.7. The topological polar surface area (TPSA) is 46.6 Å². The van der Waals surface area contributed by atoms with Crippen LogP contribution >= 0.6 is 0 Å². The average Bonchev–Trinajstić information content (AvgIpc) is 2.62. The highest BCUT2D eigenvalue weighted by atomic mass is 16.5. The number of imide groups is 1. The molecule has 0 bridgehead atoms. The fourth-order valence-electron chi connectivity index (χ4n) is 2.88. The van der Waals surface area contributed by atoms with Gasteiger partial charge in [-0.2, -0.15) is 0 Å². The quantitative estimate of drug-likeness (QED) is 0.473. The number of benzene rings is 2. The van der Waals surface area contributed by atoms with Crippen molar-refractivity contribution in [3.05, 3.63) is 71.5 Å². The second-order valence-electron chi connectivity index (χ2n) is 6.22. The molecule has 4 nitrogen and oxygen atoms in total. The molecular formula is C21H21NO3. The van der Waals surface area contributed by atoms with E-state index in [0.717, 1.165) is 5.56 Å². The Morgan fingerprint density at radius 3 is 2.20 bits per heavy atom. The third-order valence-corrected chi connectivity index (χ3v) is 4.27. The zero-order valence-corrected chi connectivity index (χ0v) is 14.7. The summed E-state index contributed by atoms with van der Waals surface area (Å²) in [6.07, 6.45) is 1.45. The standard InChI is InChI=1S/C21H21NO3/c1-4-25-13-19-17-7-5-6-8-18(17)20(23)22(21(19)24)16-11-9-15(10-12-16)14(2)3/h5-14H,4H2,1-3H3. The molecule has 0 atom stereocenters. The van der Waals surface area contributed by atoms with Gasteiger partial charge in [0.15, 0.2) is 0 Å². The number of amides is 2. The van der Waals surface area contributed by atoms with Crippen molar-refractivity contribution in [3.63, 3.8) is 0 Å². The summed E-state index contributed by atoms with van der Waals surface area (Å²) in [4.78, 5) is 27.1. The number of ether oxygens (including phenoxy) is 1. The van der Waals surface area contributed by atoms with E-state index in [4.69, 9.17) is 4.74 Å². The SMILES string of the molecule is CCOC=C1C(=O)N(c2ccc(C(C)C)cc2)C(=O)c2ccccc21. The maximum Gasteiger partial charge on any atom is 0.269 e. The first-order valence-electron chi connectivity index (χ1n) is 8.44. The first kappa shape index (κ1) is 17.0. The van der Waals surface area contributed by atoms with E-state index in [-0.39, 0.29) is 11.8 Å². The van der Waals surface area contributed by atoms with E-state index in [1.807, 2.05) is 37.3 Å². The molecule has 0 spiro atoms. The molecule has 0 aromatic heterocycles. The number of carbonyl (C=O) groups excluding carboxylic acids is 2. The van der Waals surface area contributed by atoms with Crippen LogP contribution in [0.5, 0.6) is 0 Å². The van der Waals surface area contributed by atoms with Crippen molar-refractivity contribution in [3.8, 4) is 0 Å². The Hall–Kier alpha value is -2.88. The molecule has 0 N–H and O–H groups in total. The Bertz CT molecular complexity index is 834. The van der Waals surface area contributed by atoms with Crippen LogP contribution in [-0.4, -0.2) is 18.4 Å². The summed E-state index contributed by atoms with van der Waals surface area (Å²) >= 11 is 0. The molecule has 2 amide bonds. The van der Waals surface area contributed by atoms with E-state index >= 15 is 0 Å². The molecule has 0 fully saturated rings. The fourth-order valence-corrected chi connectivity index (χ4v) is 2.88. The van der Waals surface area contributed by atoms with Gasteiger partial charge in [0, 0.05) is 11.1 Å². The molecule has 2 aromatic rings. The highest BCUT2D eigenvalue weighted by Crippen LogP contribution is 2.32. The molecule has 4 heteroatoms. The molecular weight excluding hydrogens is 314 g/mol. The lowest BCUT2D eigenvalue weighted by atomic mass is 9.93. The highest BCUT2D eigenvalue weighted by Gasteiger charge is 2.36. The maximum absolute atomic E-state index is 13.0. The summed E-state index contributed by atoms with van der Waals surface area (Å²) in [6.45, 7) is 6.51. The number of hydrogen-bond donors (Lipinski definition) is 0. The van der Waals surface area contributed by atoms with Crippen LogP contribution in [0, 0.1) is 0 Å². The van der Waals surface area contributed by atoms with Crippen LogP contribution < -0.4 is 4.90 Å². The van der Waals surface area contributed by atoms with Crippen molar-refractivity contribution < 1.29 is 14.3 Å². The smallest absolute Gasteiger partial charge is 0.269 e. The Labute approximate surface area is 147 Å². The number of rotatable bonds is 4. The predicted molar refractivity (Wildman–Crippen MR) is 98.4 cm³/mol. The van der Waals surface area contributed by atoms with Crippen LogP contribution in [0.3, 0.4) is 0 Å². The van der Waals surface area contributed by atoms with Gasteiger partial charge in [-0.25, -0.2) is 4.90 Å². The average molecular weight is 335 g/mol. The van der Waals surface area contributed by atoms with Crippen LogP contribution in [0.25, 0.3) is 5.57 Å². The van der Waals surface area contributed by atoms with Gasteiger partial charge in [0.2, 0.25) is 0 Å². The van der Waals surface area contributed by atoms with Gasteiger partial charge in [0.25, 0.3) is 11.8 Å². The van der Waals surface area contributed by atoms with E-state index in [9.17, 15) is 9.59 Å². The van der Waals surface area contributed by atoms with E-state index in [1.165, 1.54) is 11.2 Å². The van der Waals surface area contributed by atoms with Crippen LogP contribution in [0.2, 0.25) is 0 Å². The zero-order valence-electron chi connectivity index (χ0n) is 14.7. The number of fused-ring (bicyclic) bond motifs is 1. The largest absolute Gasteiger partial charge is 0.501 e. The van der Waals surface area contributed by atoms with Crippen molar-refractivity contribution in [2.75, 3.05) is 11.5 Å². The van der Waals surface area contributed by atoms with Gasteiger partial charge in [-0.15, -0.1) is 0 Å². The Morgan fingerprint density at radius 1 is 0.960 bits per heavy atom. The van der Waals surface area contributed by atoms with Gasteiger partial charge >= 0.3 is 0 Å². The van der Waals surface area contributed by atoms with Crippen LogP contribution in [0.1, 0.15) is 48.2 Å². The van der Waals surface area contributed by atoms with E-state index < -0.39 is 0 Å². The predicted octanol–water partition coefficient (Wildman–Crippen LogP) is 4.37. The summed E-state index contributed by atoms with van der Waals surface area (Å²) in [5, 5.41) is 0. The van der Waals surface area contributed by atoms with Crippen molar-refractivity contribution in [2.24, 2.45) is 0 Å². The molecule has 0 saturated heterocycles. The maximum atomic E-state index is 13.0. The summed E-state index contributed by atoms with van der Waals surface area (Å²) in [5.74, 6) is -0.295. The number of hydrogen-bond acceptors (Lipinski definition) is 3. The number of nitrogens with zero attached hydrogens (tertiary/aromatic N) is 1. The number of anilines is 1. The van der Waals surface area contributed by atoms with Gasteiger partial charge in [-0.1, -0.05) is 44.2 Å². The second-order valence-corrected chi connectivity index (χ2v) is 6.22. The first-order chi connectivity index (χ1) is 12.0. The summed E-state index contributed by atoms with van der Waals surface area (Å²) < 4.78 is 5.35. The molecule has 1 aliphatic rings. The van der Waals surface area contributed by atoms with E-state index in [2.05, 4.69) is 13.8 Å². The van der Waals surface area contributed by atoms with Gasteiger partial charge in [-0.3, -0.25) is 9.59 Å². The summed E-state index contributed by atoms with van der Waals surface area (Å²) in [6, 6.07) is 14.7. The molecule has 0 saturated carbocycles. The minimum absolute atomic E-state index is 0.313. The zero-order chi connectivity index (χ0) is 18.0. The first-order valence-corrected chi connectivity index (χ1v) is 8.44. The van der Waals surface area contributed by atoms with Gasteiger partial charge in [0.05, 0.1) is 24.1 Å². The lowest BCUT2D eigenvalue weighted by molar-refractivity contribution is -0.113. The van der Waals surface area contributed by atoms with Crippen molar-refractivity contribution in [2.45, 2.75) is 26.7 Å². The molecule has 1 aliphatic heterocycles. The van der Waals surface area contributed by atoms with Crippen LogP contribution in [0.15, 0.2) is 54.8 Å². The van der Waals surface area contributed by atoms with Gasteiger partial charge in [0.1, 0.15) is 0 Å². The fraction of sp³-hybridized carbons (Fsp3) is 0.238. The molecule has 0 unspecified atom stereocenters. The van der Waals surface area contributed by atoms with E-state index in [0.29, 0.717) is 34.9 Å². The summed E-state index contributed by atoms with van der Waals surface area (Å²) in [7, 11) is 0. The van der Waals surface area contributed by atoms with E-state index in [1.54, 1.807) is 18.2 Å². The van der Waals surface area contributed by atoms with Crippen molar-refractivity contribution in [1.29, 1.82) is 0 Å². The third kappa shape index (κ3) is 3.07. The molecule has 0 radical (unpaired) electrons. The van der Waals surface area contributed by atoms with Gasteiger partial charge < -0.3 is 4.74 Å². The minimum atomic E-state index is -0.366. The lowest BCUT2D eigenvalue weighted by Gasteiger charge is -2.28. The second kappa shape index (κ2) is 6.93. The van der Waals surface area contributed by atoms with Gasteiger partial charge in [-0.05, 0) is 36.6 Å².